The Balaban J connectivity index is 1.35. The number of anilines is 1. The summed E-state index contributed by atoms with van der Waals surface area (Å²) in [5.74, 6) is -0.0365. The van der Waals surface area contributed by atoms with Gasteiger partial charge in [-0.2, -0.15) is 0 Å². The molecule has 2 aliphatic rings. The number of carbonyl (C=O) groups excluding carboxylic acids is 1. The Kier molecular flexibility index (Phi) is 5.87. The first-order valence-electron chi connectivity index (χ1n) is 12.5. The second kappa shape index (κ2) is 9.33. The van der Waals surface area contributed by atoms with Crippen LogP contribution >= 0.6 is 0 Å². The van der Waals surface area contributed by atoms with E-state index in [1.807, 2.05) is 41.3 Å². The number of carbonyl (C=O) groups is 1. The van der Waals surface area contributed by atoms with Crippen LogP contribution in [0.25, 0.3) is 22.0 Å². The molecule has 0 saturated carbocycles. The van der Waals surface area contributed by atoms with Crippen LogP contribution < -0.4 is 5.73 Å². The summed E-state index contributed by atoms with van der Waals surface area (Å²) in [5.41, 5.74) is 12.7. The van der Waals surface area contributed by atoms with Gasteiger partial charge in [0.25, 0.3) is 5.91 Å². The number of rotatable bonds is 4. The van der Waals surface area contributed by atoms with Crippen molar-refractivity contribution in [1.82, 2.24) is 19.8 Å². The summed E-state index contributed by atoms with van der Waals surface area (Å²) in [4.78, 5) is 26.7. The third-order valence-electron chi connectivity index (χ3n) is 7.32. The van der Waals surface area contributed by atoms with Crippen LogP contribution in [0.15, 0.2) is 66.7 Å². The molecule has 36 heavy (non-hydrogen) atoms. The number of likely N-dealkylation sites (tertiary alicyclic amines) is 1. The number of aliphatic hydroxyl groups is 1. The maximum absolute atomic E-state index is 13.6. The number of hydrogen-bond donors (Lipinski definition) is 2. The first kappa shape index (κ1) is 22.6. The largest absolute Gasteiger partial charge is 0.393 e. The summed E-state index contributed by atoms with van der Waals surface area (Å²) in [6.07, 6.45) is 1.43. The van der Waals surface area contributed by atoms with E-state index in [1.54, 1.807) is 0 Å². The molecule has 1 aromatic heterocycles. The number of nitrogens with zero attached hydrogens (tertiary/aromatic N) is 4. The van der Waals surface area contributed by atoms with E-state index < -0.39 is 0 Å². The molecule has 3 N–H and O–H groups in total. The number of aliphatic hydroxyl groups excluding tert-OH is 1. The van der Waals surface area contributed by atoms with E-state index in [0.29, 0.717) is 29.7 Å². The van der Waals surface area contributed by atoms with Crippen molar-refractivity contribution in [2.75, 3.05) is 18.8 Å². The molecule has 6 rings (SSSR count). The first-order valence-corrected chi connectivity index (χ1v) is 12.5. The Hall–Kier alpha value is -3.81. The molecular formula is C29H29N5O2. The SMILES string of the molecule is Nc1nc(C(=O)N2Cc3ccccc3C2)c2cc(-c3ccccc3CN3CCC(O)CC3)ccc2n1. The van der Waals surface area contributed by atoms with Crippen LogP contribution in [0.5, 0.6) is 0 Å². The quantitative estimate of drug-likeness (QED) is 0.460. The number of aromatic nitrogens is 2. The van der Waals surface area contributed by atoms with E-state index in [0.717, 1.165) is 54.7 Å². The summed E-state index contributed by atoms with van der Waals surface area (Å²) in [6.45, 7) is 3.71. The standard InChI is InChI=1S/C29H29N5O2/c30-29-31-26-10-9-19(24-8-4-3-7-22(24)16-33-13-11-23(35)12-14-33)15-25(26)27(32-29)28(36)34-17-20-5-1-2-6-21(20)18-34/h1-10,15,23,35H,11-14,16-18H2,(H2,30,31,32). The van der Waals surface area contributed by atoms with Gasteiger partial charge in [-0.3, -0.25) is 9.69 Å². The van der Waals surface area contributed by atoms with Gasteiger partial charge < -0.3 is 15.7 Å². The van der Waals surface area contributed by atoms with Crippen LogP contribution in [0.4, 0.5) is 5.95 Å². The van der Waals surface area contributed by atoms with Crippen LogP contribution in [0.2, 0.25) is 0 Å². The maximum atomic E-state index is 13.6. The zero-order chi connectivity index (χ0) is 24.6. The third-order valence-corrected chi connectivity index (χ3v) is 7.32. The lowest BCUT2D eigenvalue weighted by atomic mass is 9.96. The van der Waals surface area contributed by atoms with Crippen molar-refractivity contribution in [3.63, 3.8) is 0 Å². The summed E-state index contributed by atoms with van der Waals surface area (Å²) in [5, 5.41) is 10.6. The number of benzene rings is 3. The number of nitrogen functional groups attached to an aromatic ring is 1. The topological polar surface area (TPSA) is 95.6 Å². The van der Waals surface area contributed by atoms with Gasteiger partial charge >= 0.3 is 0 Å². The van der Waals surface area contributed by atoms with Gasteiger partial charge in [0.05, 0.1) is 11.6 Å². The number of fused-ring (bicyclic) bond motifs is 2. The van der Waals surface area contributed by atoms with Crippen LogP contribution in [-0.2, 0) is 19.6 Å². The van der Waals surface area contributed by atoms with Gasteiger partial charge in [-0.1, -0.05) is 54.6 Å². The number of piperidine rings is 1. The van der Waals surface area contributed by atoms with E-state index in [1.165, 1.54) is 5.56 Å². The molecule has 0 radical (unpaired) electrons. The normalized spacial score (nSPS) is 16.4. The Labute approximate surface area is 210 Å². The highest BCUT2D eigenvalue weighted by Crippen LogP contribution is 2.31. The van der Waals surface area contributed by atoms with Crippen LogP contribution in [-0.4, -0.2) is 50.0 Å². The van der Waals surface area contributed by atoms with E-state index in [4.69, 9.17) is 5.73 Å². The fourth-order valence-electron chi connectivity index (χ4n) is 5.36. The van der Waals surface area contributed by atoms with Gasteiger partial charge in [-0.05, 0) is 52.8 Å². The molecule has 0 unspecified atom stereocenters. The minimum absolute atomic E-state index is 0.1000. The van der Waals surface area contributed by atoms with Gasteiger partial charge in [-0.15, -0.1) is 0 Å². The second-order valence-corrected chi connectivity index (χ2v) is 9.76. The lowest BCUT2D eigenvalue weighted by Gasteiger charge is -2.30. The van der Waals surface area contributed by atoms with E-state index in [9.17, 15) is 9.90 Å². The predicted molar refractivity (Wildman–Crippen MR) is 140 cm³/mol. The highest BCUT2D eigenvalue weighted by molar-refractivity contribution is 6.06. The molecule has 0 aliphatic carbocycles. The van der Waals surface area contributed by atoms with Crippen molar-refractivity contribution in [3.05, 3.63) is 89.1 Å². The zero-order valence-electron chi connectivity index (χ0n) is 20.1. The van der Waals surface area contributed by atoms with E-state index >= 15 is 0 Å². The average Bonchev–Trinajstić information content (AvgIpc) is 3.34. The van der Waals surface area contributed by atoms with Gasteiger partial charge in [-0.25, -0.2) is 9.97 Å². The minimum Gasteiger partial charge on any atom is -0.393 e. The Morgan fingerprint density at radius 3 is 2.39 bits per heavy atom. The van der Waals surface area contributed by atoms with Crippen molar-refractivity contribution in [3.8, 4) is 11.1 Å². The van der Waals surface area contributed by atoms with Gasteiger partial charge in [0, 0.05) is 38.1 Å². The predicted octanol–water partition coefficient (Wildman–Crippen LogP) is 3.99. The summed E-state index contributed by atoms with van der Waals surface area (Å²) < 4.78 is 0. The smallest absolute Gasteiger partial charge is 0.273 e. The molecule has 1 saturated heterocycles. The van der Waals surface area contributed by atoms with Crippen molar-refractivity contribution in [2.45, 2.75) is 38.6 Å². The number of amides is 1. The number of nitrogens with two attached hydrogens (primary N) is 1. The average molecular weight is 480 g/mol. The molecule has 0 spiro atoms. The molecule has 0 bridgehead atoms. The van der Waals surface area contributed by atoms with Crippen LogP contribution in [0, 0.1) is 0 Å². The monoisotopic (exact) mass is 479 g/mol. The molecule has 2 aliphatic heterocycles. The van der Waals surface area contributed by atoms with Gasteiger partial charge in [0.2, 0.25) is 5.95 Å². The molecule has 3 heterocycles. The number of hydrogen-bond acceptors (Lipinski definition) is 6. The van der Waals surface area contributed by atoms with Crippen LogP contribution in [0.3, 0.4) is 0 Å². The molecule has 3 aromatic carbocycles. The highest BCUT2D eigenvalue weighted by atomic mass is 16.3. The fraction of sp³-hybridized carbons (Fsp3) is 0.276. The van der Waals surface area contributed by atoms with Crippen molar-refractivity contribution < 1.29 is 9.90 Å². The summed E-state index contributed by atoms with van der Waals surface area (Å²) in [6, 6.07) is 22.5. The highest BCUT2D eigenvalue weighted by Gasteiger charge is 2.27. The molecule has 1 amide bonds. The van der Waals surface area contributed by atoms with Gasteiger partial charge in [0.15, 0.2) is 0 Å². The molecule has 7 heteroatoms. The summed E-state index contributed by atoms with van der Waals surface area (Å²) >= 11 is 0. The second-order valence-electron chi connectivity index (χ2n) is 9.76. The lowest BCUT2D eigenvalue weighted by molar-refractivity contribution is 0.0747. The molecule has 1 fully saturated rings. The first-order chi connectivity index (χ1) is 17.5. The van der Waals surface area contributed by atoms with Crippen molar-refractivity contribution in [1.29, 1.82) is 0 Å². The van der Waals surface area contributed by atoms with Crippen LogP contribution in [0.1, 0.15) is 40.0 Å². The molecular weight excluding hydrogens is 450 g/mol. The maximum Gasteiger partial charge on any atom is 0.273 e. The molecule has 4 aromatic rings. The minimum atomic E-state index is -0.191. The van der Waals surface area contributed by atoms with Gasteiger partial charge in [0.1, 0.15) is 5.69 Å². The Morgan fingerprint density at radius 1 is 0.944 bits per heavy atom. The fourth-order valence-corrected chi connectivity index (χ4v) is 5.36. The van der Waals surface area contributed by atoms with Crippen molar-refractivity contribution >= 4 is 22.8 Å². The molecule has 182 valence electrons. The third kappa shape index (κ3) is 4.32. The van der Waals surface area contributed by atoms with E-state index in [-0.39, 0.29) is 18.0 Å². The Bertz CT molecular complexity index is 1420. The lowest BCUT2D eigenvalue weighted by Crippen LogP contribution is -2.35. The summed E-state index contributed by atoms with van der Waals surface area (Å²) in [7, 11) is 0. The molecule has 0 atom stereocenters. The van der Waals surface area contributed by atoms with E-state index in [2.05, 4.69) is 45.2 Å². The molecule has 7 nitrogen and oxygen atoms in total. The Morgan fingerprint density at radius 2 is 1.64 bits per heavy atom. The van der Waals surface area contributed by atoms with Crippen molar-refractivity contribution in [2.24, 2.45) is 0 Å². The zero-order valence-corrected chi connectivity index (χ0v) is 20.1.